The van der Waals surface area contributed by atoms with E-state index in [1.54, 1.807) is 6.92 Å². The van der Waals surface area contributed by atoms with E-state index >= 15 is 0 Å². The Morgan fingerprint density at radius 2 is 1.88 bits per heavy atom. The van der Waals surface area contributed by atoms with E-state index in [1.165, 1.54) is 23.2 Å². The highest BCUT2D eigenvalue weighted by Gasteiger charge is 2.17. The molecule has 0 bridgehead atoms. The minimum Gasteiger partial charge on any atom is -0.316 e. The van der Waals surface area contributed by atoms with Crippen LogP contribution in [-0.4, -0.2) is 25.0 Å². The van der Waals surface area contributed by atoms with Crippen LogP contribution in [0.15, 0.2) is 9.59 Å². The van der Waals surface area contributed by atoms with Crippen LogP contribution in [0.4, 0.5) is 0 Å². The van der Waals surface area contributed by atoms with E-state index in [1.807, 2.05) is 0 Å². The van der Waals surface area contributed by atoms with Crippen LogP contribution in [0.25, 0.3) is 11.2 Å². The van der Waals surface area contributed by atoms with Crippen molar-refractivity contribution < 1.29 is 4.79 Å². The standard InChI is InChI=1S/C10H12N4O3/c1-4-14-6(5-15)11-8-7(14)9(16)13(3)10(17)12(8)2/h5H,4H2,1-3H3. The molecule has 0 atom stereocenters. The van der Waals surface area contributed by atoms with Crippen molar-refractivity contribution in [2.45, 2.75) is 13.5 Å². The Hall–Kier alpha value is -2.18. The molecule has 0 unspecified atom stereocenters. The predicted molar refractivity (Wildman–Crippen MR) is 61.3 cm³/mol. The summed E-state index contributed by atoms with van der Waals surface area (Å²) in [6.45, 7) is 2.25. The van der Waals surface area contributed by atoms with Crippen molar-refractivity contribution in [2.75, 3.05) is 0 Å². The maximum Gasteiger partial charge on any atom is 0.332 e. The fourth-order valence-corrected chi connectivity index (χ4v) is 1.87. The molecule has 0 saturated heterocycles. The van der Waals surface area contributed by atoms with Crippen molar-refractivity contribution in [2.24, 2.45) is 14.1 Å². The molecule has 0 fully saturated rings. The van der Waals surface area contributed by atoms with Crippen molar-refractivity contribution in [3.8, 4) is 0 Å². The molecule has 0 amide bonds. The Bertz CT molecular complexity index is 720. The first-order valence-electron chi connectivity index (χ1n) is 5.14. The largest absolute Gasteiger partial charge is 0.332 e. The summed E-state index contributed by atoms with van der Waals surface area (Å²) in [7, 11) is 2.92. The molecule has 0 aliphatic heterocycles. The summed E-state index contributed by atoms with van der Waals surface area (Å²) in [5.74, 6) is 0.154. The normalized spacial score (nSPS) is 11.0. The zero-order valence-electron chi connectivity index (χ0n) is 9.80. The third-order valence-corrected chi connectivity index (χ3v) is 2.80. The van der Waals surface area contributed by atoms with Gasteiger partial charge in [-0.1, -0.05) is 0 Å². The van der Waals surface area contributed by atoms with Crippen LogP contribution in [0.5, 0.6) is 0 Å². The zero-order valence-corrected chi connectivity index (χ0v) is 9.80. The number of hydrogen-bond donors (Lipinski definition) is 0. The van der Waals surface area contributed by atoms with E-state index in [0.717, 1.165) is 4.57 Å². The summed E-state index contributed by atoms with van der Waals surface area (Å²) in [6, 6.07) is 0. The van der Waals surface area contributed by atoms with E-state index in [-0.39, 0.29) is 17.0 Å². The van der Waals surface area contributed by atoms with Crippen molar-refractivity contribution in [3.05, 3.63) is 26.7 Å². The Kier molecular flexibility index (Phi) is 2.45. The number of carbonyl (C=O) groups excluding carboxylic acids is 1. The summed E-state index contributed by atoms with van der Waals surface area (Å²) in [6.07, 6.45) is 0.577. The summed E-state index contributed by atoms with van der Waals surface area (Å²) < 4.78 is 3.77. The van der Waals surface area contributed by atoms with Gasteiger partial charge in [0.2, 0.25) is 0 Å². The van der Waals surface area contributed by atoms with Gasteiger partial charge >= 0.3 is 5.69 Å². The van der Waals surface area contributed by atoms with E-state index in [2.05, 4.69) is 4.98 Å². The summed E-state index contributed by atoms with van der Waals surface area (Å²) in [5, 5.41) is 0. The zero-order chi connectivity index (χ0) is 12.7. The third-order valence-electron chi connectivity index (χ3n) is 2.80. The maximum absolute atomic E-state index is 12.0. The lowest BCUT2D eigenvalue weighted by molar-refractivity contribution is 0.111. The molecule has 2 rings (SSSR count). The van der Waals surface area contributed by atoms with E-state index < -0.39 is 11.2 Å². The number of aryl methyl sites for hydroxylation is 2. The van der Waals surface area contributed by atoms with Gasteiger partial charge in [0, 0.05) is 20.6 Å². The lowest BCUT2D eigenvalue weighted by Gasteiger charge is -2.04. The number of aromatic nitrogens is 4. The quantitative estimate of drug-likeness (QED) is 0.644. The van der Waals surface area contributed by atoms with Crippen LogP contribution in [0, 0.1) is 0 Å². The fourth-order valence-electron chi connectivity index (χ4n) is 1.87. The van der Waals surface area contributed by atoms with Gasteiger partial charge in [-0.15, -0.1) is 0 Å². The second-order valence-electron chi connectivity index (χ2n) is 3.71. The number of imidazole rings is 1. The minimum absolute atomic E-state index is 0.154. The molecule has 2 aromatic heterocycles. The van der Waals surface area contributed by atoms with Gasteiger partial charge in [-0.25, -0.2) is 9.78 Å². The topological polar surface area (TPSA) is 78.9 Å². The SMILES string of the molecule is CCn1c(C=O)nc2c1c(=O)n(C)c(=O)n2C. The Labute approximate surface area is 95.9 Å². The number of carbonyl (C=O) groups is 1. The number of fused-ring (bicyclic) bond motifs is 1. The third kappa shape index (κ3) is 1.35. The molecule has 0 saturated carbocycles. The first-order valence-corrected chi connectivity index (χ1v) is 5.14. The summed E-state index contributed by atoms with van der Waals surface area (Å²) in [4.78, 5) is 38.5. The van der Waals surface area contributed by atoms with Crippen molar-refractivity contribution in [1.82, 2.24) is 18.7 Å². The van der Waals surface area contributed by atoms with Crippen LogP contribution in [0.2, 0.25) is 0 Å². The molecule has 0 aromatic carbocycles. The van der Waals surface area contributed by atoms with Crippen LogP contribution in [-0.2, 0) is 20.6 Å². The maximum atomic E-state index is 12.0. The first-order chi connectivity index (χ1) is 8.02. The van der Waals surface area contributed by atoms with Crippen LogP contribution in [0.3, 0.4) is 0 Å². The highest BCUT2D eigenvalue weighted by molar-refractivity contribution is 5.80. The lowest BCUT2D eigenvalue weighted by Crippen LogP contribution is -2.37. The van der Waals surface area contributed by atoms with Crippen LogP contribution < -0.4 is 11.2 Å². The van der Waals surface area contributed by atoms with Gasteiger partial charge in [0.25, 0.3) is 5.56 Å². The van der Waals surface area contributed by atoms with Crippen molar-refractivity contribution in [1.29, 1.82) is 0 Å². The summed E-state index contributed by atoms with van der Waals surface area (Å²) in [5.41, 5.74) is -0.382. The van der Waals surface area contributed by atoms with Crippen molar-refractivity contribution >= 4 is 17.5 Å². The second-order valence-corrected chi connectivity index (χ2v) is 3.71. The van der Waals surface area contributed by atoms with E-state index in [9.17, 15) is 14.4 Å². The molecule has 0 spiro atoms. The van der Waals surface area contributed by atoms with Gasteiger partial charge in [-0.3, -0.25) is 18.7 Å². The van der Waals surface area contributed by atoms with Crippen molar-refractivity contribution in [3.63, 3.8) is 0 Å². The van der Waals surface area contributed by atoms with E-state index in [4.69, 9.17) is 0 Å². The van der Waals surface area contributed by atoms with E-state index in [0.29, 0.717) is 12.8 Å². The predicted octanol–water partition coefficient (Wildman–Crippen LogP) is -0.734. The van der Waals surface area contributed by atoms with Gasteiger partial charge in [0.1, 0.15) is 0 Å². The molecule has 2 aromatic rings. The molecule has 0 radical (unpaired) electrons. The molecular formula is C10H12N4O3. The molecule has 0 aliphatic rings. The average Bonchev–Trinajstić information content (AvgIpc) is 2.72. The van der Waals surface area contributed by atoms with Gasteiger partial charge in [0.05, 0.1) is 0 Å². The first kappa shape index (κ1) is 11.3. The molecular weight excluding hydrogens is 224 g/mol. The van der Waals surface area contributed by atoms with Gasteiger partial charge in [0.15, 0.2) is 23.3 Å². The Morgan fingerprint density at radius 1 is 1.24 bits per heavy atom. The number of hydrogen-bond acceptors (Lipinski definition) is 4. The molecule has 90 valence electrons. The molecule has 7 heteroatoms. The van der Waals surface area contributed by atoms with Gasteiger partial charge in [-0.05, 0) is 6.92 Å². The number of rotatable bonds is 2. The van der Waals surface area contributed by atoms with Gasteiger partial charge in [-0.2, -0.15) is 0 Å². The Morgan fingerprint density at radius 3 is 2.41 bits per heavy atom. The molecule has 17 heavy (non-hydrogen) atoms. The highest BCUT2D eigenvalue weighted by Crippen LogP contribution is 2.08. The highest BCUT2D eigenvalue weighted by atomic mass is 16.2. The van der Waals surface area contributed by atoms with Crippen LogP contribution in [0.1, 0.15) is 17.5 Å². The minimum atomic E-state index is -0.458. The smallest absolute Gasteiger partial charge is 0.316 e. The lowest BCUT2D eigenvalue weighted by atomic mass is 10.5. The number of nitrogens with zero attached hydrogens (tertiary/aromatic N) is 4. The molecule has 2 heterocycles. The summed E-state index contributed by atoms with van der Waals surface area (Å²) >= 11 is 0. The fraction of sp³-hybridized carbons (Fsp3) is 0.400. The average molecular weight is 236 g/mol. The number of aldehydes is 1. The Balaban J connectivity index is 3.15. The van der Waals surface area contributed by atoms with Gasteiger partial charge < -0.3 is 4.57 Å². The molecule has 0 aliphatic carbocycles. The molecule has 0 N–H and O–H groups in total. The molecule has 7 nitrogen and oxygen atoms in total. The second kappa shape index (κ2) is 3.69. The van der Waals surface area contributed by atoms with Crippen LogP contribution >= 0.6 is 0 Å². The monoisotopic (exact) mass is 236 g/mol.